The lowest BCUT2D eigenvalue weighted by molar-refractivity contribution is 0.610. The number of nitrogens with one attached hydrogen (secondary N) is 2. The molecular formula is C21H22F2N4. The van der Waals surface area contributed by atoms with Gasteiger partial charge in [-0.05, 0) is 43.0 Å². The van der Waals surface area contributed by atoms with Gasteiger partial charge in [0.15, 0.2) is 0 Å². The van der Waals surface area contributed by atoms with Crippen LogP contribution in [0.3, 0.4) is 0 Å². The average molecular weight is 368 g/mol. The van der Waals surface area contributed by atoms with Gasteiger partial charge in [-0.3, -0.25) is 0 Å². The zero-order valence-electron chi connectivity index (χ0n) is 15.2. The third kappa shape index (κ3) is 5.48. The first-order valence-electron chi connectivity index (χ1n) is 8.92. The van der Waals surface area contributed by atoms with Gasteiger partial charge in [-0.1, -0.05) is 36.4 Å². The molecule has 0 radical (unpaired) electrons. The van der Waals surface area contributed by atoms with Crippen molar-refractivity contribution >= 4 is 11.6 Å². The zero-order chi connectivity index (χ0) is 19.1. The second kappa shape index (κ2) is 9.07. The van der Waals surface area contributed by atoms with E-state index in [4.69, 9.17) is 0 Å². The lowest BCUT2D eigenvalue weighted by Gasteiger charge is -2.11. The second-order valence-electron chi connectivity index (χ2n) is 6.22. The molecule has 3 aromatic rings. The van der Waals surface area contributed by atoms with Gasteiger partial charge in [-0.2, -0.15) is 0 Å². The molecule has 0 atom stereocenters. The third-order valence-electron chi connectivity index (χ3n) is 4.15. The molecule has 6 heteroatoms. The molecule has 0 unspecified atom stereocenters. The summed E-state index contributed by atoms with van der Waals surface area (Å²) in [4.78, 5) is 8.70. The molecule has 1 heterocycles. The fourth-order valence-corrected chi connectivity index (χ4v) is 2.80. The van der Waals surface area contributed by atoms with Gasteiger partial charge in [0.05, 0.1) is 0 Å². The van der Waals surface area contributed by atoms with Gasteiger partial charge in [0.25, 0.3) is 0 Å². The van der Waals surface area contributed by atoms with Crippen LogP contribution in [0.5, 0.6) is 0 Å². The van der Waals surface area contributed by atoms with Crippen molar-refractivity contribution in [2.45, 2.75) is 19.8 Å². The minimum atomic E-state index is -0.200. The molecule has 140 valence electrons. The normalized spacial score (nSPS) is 10.6. The number of hydrogen-bond donors (Lipinski definition) is 2. The Morgan fingerprint density at radius 3 is 1.63 bits per heavy atom. The molecule has 0 spiro atoms. The smallest absolute Gasteiger partial charge is 0.131 e. The lowest BCUT2D eigenvalue weighted by Crippen LogP contribution is -2.11. The highest BCUT2D eigenvalue weighted by atomic mass is 19.1. The van der Waals surface area contributed by atoms with E-state index in [0.29, 0.717) is 54.5 Å². The van der Waals surface area contributed by atoms with Crippen molar-refractivity contribution in [3.63, 3.8) is 0 Å². The van der Waals surface area contributed by atoms with E-state index in [2.05, 4.69) is 20.6 Å². The molecule has 2 aromatic carbocycles. The van der Waals surface area contributed by atoms with E-state index in [0.717, 1.165) is 0 Å². The highest BCUT2D eigenvalue weighted by molar-refractivity contribution is 5.47. The number of hydrogen-bond acceptors (Lipinski definition) is 4. The molecular weight excluding hydrogens is 346 g/mol. The van der Waals surface area contributed by atoms with E-state index in [9.17, 15) is 8.78 Å². The van der Waals surface area contributed by atoms with Crippen molar-refractivity contribution in [1.82, 2.24) is 9.97 Å². The molecule has 0 saturated carbocycles. The zero-order valence-corrected chi connectivity index (χ0v) is 15.2. The van der Waals surface area contributed by atoms with Gasteiger partial charge in [-0.25, -0.2) is 18.7 Å². The molecule has 3 rings (SSSR count). The SMILES string of the molecule is Cc1nc(NCCc2ccccc2F)cc(NCCc2ccccc2F)n1. The first kappa shape index (κ1) is 18.8. The highest BCUT2D eigenvalue weighted by Crippen LogP contribution is 2.13. The monoisotopic (exact) mass is 368 g/mol. The summed E-state index contributed by atoms with van der Waals surface area (Å²) in [6, 6.07) is 15.3. The Kier molecular flexibility index (Phi) is 6.30. The summed E-state index contributed by atoms with van der Waals surface area (Å²) in [6.07, 6.45) is 1.12. The quantitative estimate of drug-likeness (QED) is 0.620. The van der Waals surface area contributed by atoms with Crippen LogP contribution in [0.4, 0.5) is 20.4 Å². The summed E-state index contributed by atoms with van der Waals surface area (Å²) in [6.45, 7) is 2.93. The van der Waals surface area contributed by atoms with Crippen LogP contribution in [-0.2, 0) is 12.8 Å². The highest BCUT2D eigenvalue weighted by Gasteiger charge is 2.05. The number of halogens is 2. The fraction of sp³-hybridized carbons (Fsp3) is 0.238. The maximum atomic E-state index is 13.7. The summed E-state index contributed by atoms with van der Waals surface area (Å²) < 4.78 is 27.3. The maximum Gasteiger partial charge on any atom is 0.131 e. The Morgan fingerprint density at radius 1 is 0.741 bits per heavy atom. The van der Waals surface area contributed by atoms with Crippen LogP contribution >= 0.6 is 0 Å². The van der Waals surface area contributed by atoms with Crippen LogP contribution in [0.2, 0.25) is 0 Å². The van der Waals surface area contributed by atoms with E-state index in [1.165, 1.54) is 12.1 Å². The minimum absolute atomic E-state index is 0.200. The molecule has 0 aliphatic heterocycles. The predicted octanol–water partition coefficient (Wildman–Crippen LogP) is 4.37. The molecule has 2 N–H and O–H groups in total. The molecule has 0 aliphatic carbocycles. The topological polar surface area (TPSA) is 49.8 Å². The van der Waals surface area contributed by atoms with E-state index < -0.39 is 0 Å². The number of rotatable bonds is 8. The van der Waals surface area contributed by atoms with Crippen LogP contribution in [0, 0.1) is 18.6 Å². The molecule has 4 nitrogen and oxygen atoms in total. The standard InChI is InChI=1S/C21H22F2N4/c1-15-26-20(24-12-10-16-6-2-4-8-18(16)22)14-21(27-15)25-13-11-17-7-3-5-9-19(17)23/h2-9,14H,10-13H2,1H3,(H2,24,25,26,27). The van der Waals surface area contributed by atoms with Crippen LogP contribution in [0.25, 0.3) is 0 Å². The largest absolute Gasteiger partial charge is 0.370 e. The minimum Gasteiger partial charge on any atom is -0.370 e. The summed E-state index contributed by atoms with van der Waals surface area (Å²) in [5, 5.41) is 6.40. The van der Waals surface area contributed by atoms with Crippen LogP contribution in [0.1, 0.15) is 17.0 Å². The lowest BCUT2D eigenvalue weighted by atomic mass is 10.1. The van der Waals surface area contributed by atoms with E-state index >= 15 is 0 Å². The van der Waals surface area contributed by atoms with Gasteiger partial charge in [0.2, 0.25) is 0 Å². The van der Waals surface area contributed by atoms with Crippen LogP contribution in [0.15, 0.2) is 54.6 Å². The Hall–Kier alpha value is -3.02. The van der Waals surface area contributed by atoms with Gasteiger partial charge >= 0.3 is 0 Å². The molecule has 0 saturated heterocycles. The summed E-state index contributed by atoms with van der Waals surface area (Å²) >= 11 is 0. The maximum absolute atomic E-state index is 13.7. The Morgan fingerprint density at radius 2 is 1.19 bits per heavy atom. The molecule has 1 aromatic heterocycles. The predicted molar refractivity (Wildman–Crippen MR) is 104 cm³/mol. The number of aromatic nitrogens is 2. The first-order valence-corrected chi connectivity index (χ1v) is 8.92. The fourth-order valence-electron chi connectivity index (χ4n) is 2.80. The molecule has 0 aliphatic rings. The summed E-state index contributed by atoms with van der Waals surface area (Å²) in [5.74, 6) is 1.57. The first-order chi connectivity index (χ1) is 13.1. The number of anilines is 2. The van der Waals surface area contributed by atoms with E-state index in [-0.39, 0.29) is 11.6 Å². The van der Waals surface area contributed by atoms with Gasteiger partial charge in [0, 0.05) is 19.2 Å². The number of nitrogens with zero attached hydrogens (tertiary/aromatic N) is 2. The van der Waals surface area contributed by atoms with Crippen LogP contribution in [-0.4, -0.2) is 23.1 Å². The van der Waals surface area contributed by atoms with Gasteiger partial charge < -0.3 is 10.6 Å². The van der Waals surface area contributed by atoms with Crippen molar-refractivity contribution in [1.29, 1.82) is 0 Å². The van der Waals surface area contributed by atoms with Crippen LogP contribution < -0.4 is 10.6 Å². The van der Waals surface area contributed by atoms with E-state index in [1.807, 2.05) is 19.1 Å². The summed E-state index contributed by atoms with van der Waals surface area (Å²) in [5.41, 5.74) is 1.33. The molecule has 27 heavy (non-hydrogen) atoms. The number of aryl methyl sites for hydroxylation is 1. The van der Waals surface area contributed by atoms with Crippen molar-refractivity contribution < 1.29 is 8.78 Å². The van der Waals surface area contributed by atoms with E-state index in [1.54, 1.807) is 30.3 Å². The number of benzene rings is 2. The Bertz CT molecular complexity index is 829. The van der Waals surface area contributed by atoms with Crippen molar-refractivity contribution in [3.8, 4) is 0 Å². The Balaban J connectivity index is 1.54. The van der Waals surface area contributed by atoms with Crippen molar-refractivity contribution in [2.75, 3.05) is 23.7 Å². The molecule has 0 bridgehead atoms. The summed E-state index contributed by atoms with van der Waals surface area (Å²) in [7, 11) is 0. The van der Waals surface area contributed by atoms with Crippen molar-refractivity contribution in [3.05, 3.63) is 83.2 Å². The molecule has 0 fully saturated rings. The average Bonchev–Trinajstić information content (AvgIpc) is 2.64. The second-order valence-corrected chi connectivity index (χ2v) is 6.22. The van der Waals surface area contributed by atoms with Gasteiger partial charge in [0.1, 0.15) is 29.1 Å². The van der Waals surface area contributed by atoms with Crippen molar-refractivity contribution in [2.24, 2.45) is 0 Å². The third-order valence-corrected chi connectivity index (χ3v) is 4.15. The molecule has 0 amide bonds. The van der Waals surface area contributed by atoms with Gasteiger partial charge in [-0.15, -0.1) is 0 Å². The Labute approximate surface area is 157 Å².